The van der Waals surface area contributed by atoms with Gasteiger partial charge in [-0.2, -0.15) is 0 Å². The van der Waals surface area contributed by atoms with Crippen molar-refractivity contribution in [1.29, 1.82) is 0 Å². The number of ether oxygens (including phenoxy) is 1. The van der Waals surface area contributed by atoms with Crippen LogP contribution in [0.1, 0.15) is 35.0 Å². The Morgan fingerprint density at radius 3 is 2.53 bits per heavy atom. The zero-order valence-corrected chi connectivity index (χ0v) is 23.1. The number of phenolic OH excluding ortho intramolecular Hbond substituents is 1. The fourth-order valence-corrected chi connectivity index (χ4v) is 5.92. The lowest BCUT2D eigenvalue weighted by Crippen LogP contribution is -2.13. The molecule has 3 aromatic carbocycles. The molecule has 0 atom stereocenters. The number of para-hydroxylation sites is 1. The van der Waals surface area contributed by atoms with Crippen molar-refractivity contribution in [2.45, 2.75) is 30.5 Å². The Balaban J connectivity index is 1.74. The summed E-state index contributed by atoms with van der Waals surface area (Å²) in [5.41, 5.74) is 5.57. The Morgan fingerprint density at radius 1 is 1.08 bits per heavy atom. The normalized spacial score (nSPS) is 11.6. The van der Waals surface area contributed by atoms with Crippen molar-refractivity contribution in [3.05, 3.63) is 83.6 Å². The Morgan fingerprint density at radius 2 is 1.82 bits per heavy atom. The summed E-state index contributed by atoms with van der Waals surface area (Å²) in [7, 11) is 5.92. The topological polar surface area (TPSA) is 70.5 Å². The summed E-state index contributed by atoms with van der Waals surface area (Å²) in [6.45, 7) is 2.81. The maximum absolute atomic E-state index is 13.5. The van der Waals surface area contributed by atoms with Gasteiger partial charge in [0.05, 0.1) is 23.4 Å². The van der Waals surface area contributed by atoms with E-state index in [9.17, 15) is 9.90 Å². The molecule has 0 aliphatic heterocycles. The molecular formula is C31H33N3O3S. The summed E-state index contributed by atoms with van der Waals surface area (Å²) in [5, 5.41) is 13.5. The number of aryl methyl sites for hydroxylation is 1. The van der Waals surface area contributed by atoms with Crippen LogP contribution >= 0.6 is 11.8 Å². The lowest BCUT2D eigenvalue weighted by atomic mass is 9.98. The van der Waals surface area contributed by atoms with Gasteiger partial charge in [-0.1, -0.05) is 43.3 Å². The van der Waals surface area contributed by atoms with E-state index < -0.39 is 0 Å². The van der Waals surface area contributed by atoms with Crippen LogP contribution in [0.2, 0.25) is 0 Å². The van der Waals surface area contributed by atoms with Crippen LogP contribution in [-0.2, 0) is 24.1 Å². The summed E-state index contributed by atoms with van der Waals surface area (Å²) < 4.78 is 7.76. The highest BCUT2D eigenvalue weighted by molar-refractivity contribution is 7.98. The highest BCUT2D eigenvalue weighted by atomic mass is 32.2. The number of aromatic hydroxyl groups is 1. The third kappa shape index (κ3) is 4.91. The first-order valence-electron chi connectivity index (χ1n) is 12.8. The van der Waals surface area contributed by atoms with E-state index in [-0.39, 0.29) is 11.7 Å². The van der Waals surface area contributed by atoms with E-state index in [2.05, 4.69) is 33.8 Å². The van der Waals surface area contributed by atoms with Gasteiger partial charge < -0.3 is 24.3 Å². The number of benzene rings is 3. The molecule has 0 saturated heterocycles. The molecule has 0 amide bonds. The average molecular weight is 528 g/mol. The minimum Gasteiger partial charge on any atom is -0.507 e. The van der Waals surface area contributed by atoms with E-state index in [0.29, 0.717) is 30.0 Å². The molecule has 0 fully saturated rings. The molecule has 2 aromatic heterocycles. The molecule has 2 heterocycles. The molecule has 2 N–H and O–H groups in total. The van der Waals surface area contributed by atoms with Gasteiger partial charge in [-0.25, -0.2) is 4.79 Å². The number of hydrogen-bond donors (Lipinski definition) is 2. The predicted octanol–water partition coefficient (Wildman–Crippen LogP) is 6.95. The van der Waals surface area contributed by atoms with Crippen LogP contribution in [0.3, 0.4) is 0 Å². The number of H-pyrrole nitrogens is 1. The summed E-state index contributed by atoms with van der Waals surface area (Å²) in [4.78, 5) is 20.1. The van der Waals surface area contributed by atoms with Crippen molar-refractivity contribution in [3.8, 4) is 17.0 Å². The van der Waals surface area contributed by atoms with Crippen LogP contribution in [0.15, 0.2) is 71.6 Å². The second-order valence-corrected chi connectivity index (χ2v) is 10.8. The summed E-state index contributed by atoms with van der Waals surface area (Å²) in [6, 6.07) is 22.3. The third-order valence-corrected chi connectivity index (χ3v) is 7.76. The van der Waals surface area contributed by atoms with Crippen molar-refractivity contribution >= 4 is 39.5 Å². The van der Waals surface area contributed by atoms with E-state index >= 15 is 0 Å². The Kier molecular flexibility index (Phi) is 7.49. The quantitative estimate of drug-likeness (QED) is 0.160. The molecule has 7 heteroatoms. The number of hydrogen-bond acceptors (Lipinski definition) is 5. The maximum Gasteiger partial charge on any atom is 0.340 e. The first-order chi connectivity index (χ1) is 18.4. The number of thioether (sulfide) groups is 1. The van der Waals surface area contributed by atoms with Crippen LogP contribution in [0, 0.1) is 0 Å². The molecule has 0 aliphatic rings. The number of nitrogens with one attached hydrogen (secondary N) is 1. The van der Waals surface area contributed by atoms with E-state index in [1.165, 1.54) is 0 Å². The van der Waals surface area contributed by atoms with Gasteiger partial charge >= 0.3 is 5.97 Å². The fraction of sp³-hybridized carbons (Fsp3) is 0.258. The SMILES string of the molecule is CCCOC(=O)c1c(CSc2ccccc2)n(C)c2cc(-c3cc4ccccc4[nH]3)c(O)c(CN(C)C)c12. The largest absolute Gasteiger partial charge is 0.507 e. The number of esters is 1. The highest BCUT2D eigenvalue weighted by Gasteiger charge is 2.28. The molecule has 0 spiro atoms. The van der Waals surface area contributed by atoms with Crippen molar-refractivity contribution in [2.24, 2.45) is 7.05 Å². The molecule has 196 valence electrons. The lowest BCUT2D eigenvalue weighted by molar-refractivity contribution is 0.0506. The van der Waals surface area contributed by atoms with Gasteiger partial charge in [-0.3, -0.25) is 0 Å². The standard InChI is InChI=1S/C31H33N3O3S/c1-5-15-37-31(36)29-27(19-38-21-12-7-6-8-13-21)34(4)26-17-22(30(35)23(28(26)29)18-33(2)3)25-16-20-11-9-10-14-24(20)32-25/h6-14,16-17,32,35H,5,15,18-19H2,1-4H3. The molecule has 5 rings (SSSR count). The minimum absolute atomic E-state index is 0.176. The molecular weight excluding hydrogens is 494 g/mol. The number of aromatic nitrogens is 2. The molecule has 0 saturated carbocycles. The van der Waals surface area contributed by atoms with E-state index in [4.69, 9.17) is 4.74 Å². The molecule has 0 bridgehead atoms. The number of fused-ring (bicyclic) bond motifs is 2. The average Bonchev–Trinajstić information content (AvgIpc) is 3.46. The summed E-state index contributed by atoms with van der Waals surface area (Å²) in [5.74, 6) is 0.421. The van der Waals surface area contributed by atoms with Crippen molar-refractivity contribution in [2.75, 3.05) is 20.7 Å². The van der Waals surface area contributed by atoms with Crippen LogP contribution in [0.25, 0.3) is 33.1 Å². The molecule has 38 heavy (non-hydrogen) atoms. The maximum atomic E-state index is 13.5. The van der Waals surface area contributed by atoms with Gasteiger partial charge in [0, 0.05) is 57.4 Å². The highest BCUT2D eigenvalue weighted by Crippen LogP contribution is 2.43. The number of rotatable bonds is 9. The van der Waals surface area contributed by atoms with Crippen molar-refractivity contribution in [1.82, 2.24) is 14.5 Å². The monoisotopic (exact) mass is 527 g/mol. The second kappa shape index (κ2) is 11.0. The van der Waals surface area contributed by atoms with Gasteiger partial charge in [0.15, 0.2) is 0 Å². The Hall–Kier alpha value is -3.68. The van der Waals surface area contributed by atoms with E-state index in [0.717, 1.165) is 50.1 Å². The smallest absolute Gasteiger partial charge is 0.340 e. The van der Waals surface area contributed by atoms with Crippen LogP contribution in [0.4, 0.5) is 0 Å². The number of aromatic amines is 1. The Labute approximate surface area is 227 Å². The van der Waals surface area contributed by atoms with Gasteiger partial charge in [0.25, 0.3) is 0 Å². The number of nitrogens with zero attached hydrogens (tertiary/aromatic N) is 2. The van der Waals surface area contributed by atoms with Crippen LogP contribution in [0.5, 0.6) is 5.75 Å². The third-order valence-electron chi connectivity index (χ3n) is 6.74. The zero-order chi connectivity index (χ0) is 26.8. The lowest BCUT2D eigenvalue weighted by Gasteiger charge is -2.16. The fourth-order valence-electron chi connectivity index (χ4n) is 4.93. The number of carbonyl (C=O) groups is 1. The van der Waals surface area contributed by atoms with Gasteiger partial charge in [-0.15, -0.1) is 11.8 Å². The minimum atomic E-state index is -0.348. The molecule has 0 unspecified atom stereocenters. The number of carbonyl (C=O) groups excluding carboxylic acids is 1. The van der Waals surface area contributed by atoms with Crippen molar-refractivity contribution < 1.29 is 14.6 Å². The summed E-state index contributed by atoms with van der Waals surface area (Å²) >= 11 is 1.68. The zero-order valence-electron chi connectivity index (χ0n) is 22.2. The van der Waals surface area contributed by atoms with Gasteiger partial charge in [0.2, 0.25) is 0 Å². The molecule has 5 aromatic rings. The molecule has 0 radical (unpaired) electrons. The molecule has 6 nitrogen and oxygen atoms in total. The predicted molar refractivity (Wildman–Crippen MR) is 156 cm³/mol. The van der Waals surface area contributed by atoms with Crippen molar-refractivity contribution in [3.63, 3.8) is 0 Å². The Bertz CT molecular complexity index is 1570. The van der Waals surface area contributed by atoms with Crippen LogP contribution in [-0.4, -0.2) is 46.2 Å². The van der Waals surface area contributed by atoms with Gasteiger partial charge in [-0.05, 0) is 50.8 Å². The first kappa shape index (κ1) is 25.9. The molecule has 0 aliphatic carbocycles. The van der Waals surface area contributed by atoms with Gasteiger partial charge in [0.1, 0.15) is 5.75 Å². The van der Waals surface area contributed by atoms with E-state index in [1.807, 2.05) is 75.4 Å². The van der Waals surface area contributed by atoms with Crippen LogP contribution < -0.4 is 0 Å². The second-order valence-electron chi connectivity index (χ2n) is 9.77. The number of phenols is 1. The first-order valence-corrected chi connectivity index (χ1v) is 13.8. The summed E-state index contributed by atoms with van der Waals surface area (Å²) in [6.07, 6.45) is 0.741. The van der Waals surface area contributed by atoms with E-state index in [1.54, 1.807) is 11.8 Å².